The normalized spacial score (nSPS) is 12.2. The fraction of sp³-hybridized carbons (Fsp3) is 0.556. The number of carbonyl (C=O) groups is 2. The topological polar surface area (TPSA) is 34.1 Å². The lowest BCUT2D eigenvalue weighted by Gasteiger charge is -2.03. The molecular weight excluding hydrogens is 140 g/mol. The van der Waals surface area contributed by atoms with Crippen molar-refractivity contribution in [1.29, 1.82) is 0 Å². The summed E-state index contributed by atoms with van der Waals surface area (Å²) in [6, 6.07) is 0. The summed E-state index contributed by atoms with van der Waals surface area (Å²) >= 11 is 0. The molecule has 0 heterocycles. The van der Waals surface area contributed by atoms with Crippen LogP contribution in [0.15, 0.2) is 12.7 Å². The van der Waals surface area contributed by atoms with Crippen LogP contribution >= 0.6 is 0 Å². The SMILES string of the molecule is C=CC(=O)C(C)CC(=O)CC. The van der Waals surface area contributed by atoms with Gasteiger partial charge in [0.15, 0.2) is 5.78 Å². The van der Waals surface area contributed by atoms with Crippen molar-refractivity contribution < 1.29 is 9.59 Å². The van der Waals surface area contributed by atoms with Gasteiger partial charge in [-0.3, -0.25) is 9.59 Å². The maximum atomic E-state index is 10.9. The van der Waals surface area contributed by atoms with Crippen LogP contribution in [-0.4, -0.2) is 11.6 Å². The van der Waals surface area contributed by atoms with Gasteiger partial charge in [0, 0.05) is 18.8 Å². The third-order valence-corrected chi connectivity index (χ3v) is 1.62. The molecule has 0 rings (SSSR count). The Morgan fingerprint density at radius 1 is 1.55 bits per heavy atom. The van der Waals surface area contributed by atoms with Crippen LogP contribution in [0, 0.1) is 5.92 Å². The first-order chi connectivity index (χ1) is 5.11. The molecule has 0 aromatic carbocycles. The van der Waals surface area contributed by atoms with Gasteiger partial charge in [-0.1, -0.05) is 20.4 Å². The molecular formula is C9H14O2. The highest BCUT2D eigenvalue weighted by atomic mass is 16.1. The van der Waals surface area contributed by atoms with Crippen LogP contribution in [0.3, 0.4) is 0 Å². The minimum Gasteiger partial charge on any atom is -0.300 e. The van der Waals surface area contributed by atoms with Gasteiger partial charge in [-0.15, -0.1) is 0 Å². The lowest BCUT2D eigenvalue weighted by atomic mass is 9.99. The van der Waals surface area contributed by atoms with Crippen LogP contribution in [0.2, 0.25) is 0 Å². The van der Waals surface area contributed by atoms with Crippen LogP contribution in [0.25, 0.3) is 0 Å². The molecule has 0 amide bonds. The molecule has 2 nitrogen and oxygen atoms in total. The summed E-state index contributed by atoms with van der Waals surface area (Å²) in [6.45, 7) is 6.90. The second-order valence-corrected chi connectivity index (χ2v) is 2.60. The first-order valence-electron chi connectivity index (χ1n) is 3.79. The van der Waals surface area contributed by atoms with E-state index in [1.807, 2.05) is 0 Å². The predicted molar refractivity (Wildman–Crippen MR) is 44.3 cm³/mol. The monoisotopic (exact) mass is 154 g/mol. The van der Waals surface area contributed by atoms with E-state index >= 15 is 0 Å². The van der Waals surface area contributed by atoms with Crippen LogP contribution < -0.4 is 0 Å². The highest BCUT2D eigenvalue weighted by Gasteiger charge is 2.12. The second kappa shape index (κ2) is 4.83. The zero-order chi connectivity index (χ0) is 8.85. The van der Waals surface area contributed by atoms with Gasteiger partial charge < -0.3 is 0 Å². The number of rotatable bonds is 5. The van der Waals surface area contributed by atoms with E-state index in [0.717, 1.165) is 0 Å². The first kappa shape index (κ1) is 10.1. The Labute approximate surface area is 67.3 Å². The Kier molecular flexibility index (Phi) is 4.42. The maximum Gasteiger partial charge on any atom is 0.158 e. The quantitative estimate of drug-likeness (QED) is 0.565. The van der Waals surface area contributed by atoms with Crippen molar-refractivity contribution in [2.75, 3.05) is 0 Å². The molecule has 2 heteroatoms. The summed E-state index contributed by atoms with van der Waals surface area (Å²) in [5.41, 5.74) is 0. The van der Waals surface area contributed by atoms with Crippen molar-refractivity contribution in [1.82, 2.24) is 0 Å². The molecule has 0 saturated carbocycles. The van der Waals surface area contributed by atoms with Gasteiger partial charge in [-0.25, -0.2) is 0 Å². The Balaban J connectivity index is 3.86. The fourth-order valence-electron chi connectivity index (χ4n) is 0.788. The van der Waals surface area contributed by atoms with Gasteiger partial charge >= 0.3 is 0 Å². The number of allylic oxidation sites excluding steroid dienone is 1. The molecule has 0 aliphatic rings. The molecule has 0 aliphatic carbocycles. The smallest absolute Gasteiger partial charge is 0.158 e. The average molecular weight is 154 g/mol. The number of ketones is 2. The van der Waals surface area contributed by atoms with Crippen molar-refractivity contribution in [3.63, 3.8) is 0 Å². The van der Waals surface area contributed by atoms with E-state index in [4.69, 9.17) is 0 Å². The number of carbonyl (C=O) groups excluding carboxylic acids is 2. The predicted octanol–water partition coefficient (Wildman–Crippen LogP) is 1.75. The Morgan fingerprint density at radius 2 is 2.09 bits per heavy atom. The summed E-state index contributed by atoms with van der Waals surface area (Å²) < 4.78 is 0. The minimum absolute atomic E-state index is 0.0493. The zero-order valence-electron chi connectivity index (χ0n) is 7.09. The second-order valence-electron chi connectivity index (χ2n) is 2.60. The van der Waals surface area contributed by atoms with Crippen LogP contribution in [0.1, 0.15) is 26.7 Å². The number of hydrogen-bond donors (Lipinski definition) is 0. The molecule has 1 atom stereocenters. The van der Waals surface area contributed by atoms with Crippen LogP contribution in [0.5, 0.6) is 0 Å². The molecule has 0 bridgehead atoms. The Bertz CT molecular complexity index is 170. The van der Waals surface area contributed by atoms with E-state index in [0.29, 0.717) is 12.8 Å². The summed E-state index contributed by atoms with van der Waals surface area (Å²) in [4.78, 5) is 21.7. The molecule has 0 saturated heterocycles. The molecule has 0 aliphatic heterocycles. The standard InChI is InChI=1S/C9H14O2/c1-4-8(10)6-7(3)9(11)5-2/h5,7H,2,4,6H2,1,3H3. The summed E-state index contributed by atoms with van der Waals surface area (Å²) in [5, 5.41) is 0. The van der Waals surface area contributed by atoms with Crippen molar-refractivity contribution in [3.8, 4) is 0 Å². The van der Waals surface area contributed by atoms with Gasteiger partial charge in [0.1, 0.15) is 5.78 Å². The van der Waals surface area contributed by atoms with Crippen molar-refractivity contribution in [2.45, 2.75) is 26.7 Å². The van der Waals surface area contributed by atoms with E-state index in [9.17, 15) is 9.59 Å². The Morgan fingerprint density at radius 3 is 2.45 bits per heavy atom. The average Bonchev–Trinajstić information content (AvgIpc) is 2.02. The van der Waals surface area contributed by atoms with E-state index in [1.54, 1.807) is 13.8 Å². The number of hydrogen-bond acceptors (Lipinski definition) is 2. The molecule has 11 heavy (non-hydrogen) atoms. The summed E-state index contributed by atoms with van der Waals surface area (Å²) in [5.74, 6) is -0.112. The molecule has 0 fully saturated rings. The van der Waals surface area contributed by atoms with Gasteiger partial charge in [0.25, 0.3) is 0 Å². The molecule has 0 aromatic heterocycles. The first-order valence-corrected chi connectivity index (χ1v) is 3.79. The summed E-state index contributed by atoms with van der Waals surface area (Å²) in [7, 11) is 0. The van der Waals surface area contributed by atoms with Crippen molar-refractivity contribution >= 4 is 11.6 Å². The van der Waals surface area contributed by atoms with Crippen LogP contribution in [-0.2, 0) is 9.59 Å². The van der Waals surface area contributed by atoms with Gasteiger partial charge in [-0.2, -0.15) is 0 Å². The lowest BCUT2D eigenvalue weighted by Crippen LogP contribution is -2.12. The highest BCUT2D eigenvalue weighted by Crippen LogP contribution is 2.05. The molecule has 0 N–H and O–H groups in total. The van der Waals surface area contributed by atoms with E-state index in [2.05, 4.69) is 6.58 Å². The molecule has 0 spiro atoms. The van der Waals surface area contributed by atoms with Crippen LogP contribution in [0.4, 0.5) is 0 Å². The van der Waals surface area contributed by atoms with Crippen molar-refractivity contribution in [3.05, 3.63) is 12.7 Å². The van der Waals surface area contributed by atoms with E-state index in [-0.39, 0.29) is 17.5 Å². The van der Waals surface area contributed by atoms with Gasteiger partial charge in [-0.05, 0) is 6.08 Å². The number of Topliss-reactive ketones (excluding diaryl/α,β-unsaturated/α-hetero) is 1. The zero-order valence-corrected chi connectivity index (χ0v) is 7.09. The minimum atomic E-state index is -0.194. The van der Waals surface area contributed by atoms with Gasteiger partial charge in [0.05, 0.1) is 0 Å². The third-order valence-electron chi connectivity index (χ3n) is 1.62. The molecule has 1 unspecified atom stereocenters. The van der Waals surface area contributed by atoms with Gasteiger partial charge in [0.2, 0.25) is 0 Å². The third kappa shape index (κ3) is 3.71. The van der Waals surface area contributed by atoms with E-state index in [1.165, 1.54) is 6.08 Å². The molecule has 0 radical (unpaired) electrons. The highest BCUT2D eigenvalue weighted by molar-refractivity contribution is 5.94. The largest absolute Gasteiger partial charge is 0.300 e. The molecule has 62 valence electrons. The summed E-state index contributed by atoms with van der Waals surface area (Å²) in [6.07, 6.45) is 2.13. The lowest BCUT2D eigenvalue weighted by molar-refractivity contribution is -0.124. The Hall–Kier alpha value is -0.920. The molecule has 0 aromatic rings. The van der Waals surface area contributed by atoms with Crippen molar-refractivity contribution in [2.24, 2.45) is 5.92 Å². The fourth-order valence-corrected chi connectivity index (χ4v) is 0.788. The van der Waals surface area contributed by atoms with E-state index < -0.39 is 0 Å². The maximum absolute atomic E-state index is 10.9.